The molecule has 7 nitrogen and oxygen atoms in total. The first-order valence-electron chi connectivity index (χ1n) is 5.98. The van der Waals surface area contributed by atoms with E-state index in [9.17, 15) is 14.4 Å². The van der Waals surface area contributed by atoms with E-state index in [-0.39, 0.29) is 13.0 Å². The summed E-state index contributed by atoms with van der Waals surface area (Å²) in [5.74, 6) is -1.39. The molecule has 0 saturated carbocycles. The molecule has 0 spiro atoms. The van der Waals surface area contributed by atoms with Crippen molar-refractivity contribution in [1.29, 1.82) is 0 Å². The van der Waals surface area contributed by atoms with Crippen molar-refractivity contribution in [2.45, 2.75) is 12.8 Å². The highest BCUT2D eigenvalue weighted by Gasteiger charge is 2.07. The van der Waals surface area contributed by atoms with Crippen molar-refractivity contribution in [2.24, 2.45) is 0 Å². The maximum atomic E-state index is 11.5. The Labute approximate surface area is 115 Å². The van der Waals surface area contributed by atoms with E-state index >= 15 is 0 Å². The number of hydrogen-bond donors (Lipinski definition) is 3. The SMILES string of the molecule is COC(=O)c1cccc(NC(=O)NCCCC(=O)O)c1. The molecule has 0 atom stereocenters. The van der Waals surface area contributed by atoms with Crippen molar-refractivity contribution in [3.05, 3.63) is 29.8 Å². The van der Waals surface area contributed by atoms with Gasteiger partial charge in [0.1, 0.15) is 0 Å². The smallest absolute Gasteiger partial charge is 0.337 e. The molecule has 0 radical (unpaired) electrons. The van der Waals surface area contributed by atoms with Gasteiger partial charge in [-0.15, -0.1) is 0 Å². The van der Waals surface area contributed by atoms with Gasteiger partial charge >= 0.3 is 18.0 Å². The van der Waals surface area contributed by atoms with Crippen molar-refractivity contribution >= 4 is 23.7 Å². The number of amides is 2. The van der Waals surface area contributed by atoms with Crippen LogP contribution < -0.4 is 10.6 Å². The maximum Gasteiger partial charge on any atom is 0.337 e. The van der Waals surface area contributed by atoms with E-state index in [4.69, 9.17) is 5.11 Å². The molecule has 3 N–H and O–H groups in total. The normalized spacial score (nSPS) is 9.65. The quantitative estimate of drug-likeness (QED) is 0.540. The summed E-state index contributed by atoms with van der Waals surface area (Å²) in [4.78, 5) is 33.1. The molecular formula is C13H16N2O5. The Morgan fingerprint density at radius 2 is 2.05 bits per heavy atom. The second kappa shape index (κ2) is 7.78. The Morgan fingerprint density at radius 1 is 1.30 bits per heavy atom. The summed E-state index contributed by atoms with van der Waals surface area (Å²) in [5, 5.41) is 13.5. The predicted octanol–water partition coefficient (Wildman–Crippen LogP) is 1.46. The number of methoxy groups -OCH3 is 1. The number of urea groups is 1. The summed E-state index contributed by atoms with van der Waals surface area (Å²) in [6.07, 6.45) is 0.350. The zero-order valence-electron chi connectivity index (χ0n) is 11.0. The molecule has 108 valence electrons. The van der Waals surface area contributed by atoms with E-state index in [0.29, 0.717) is 17.7 Å². The average Bonchev–Trinajstić information content (AvgIpc) is 2.43. The molecule has 0 aliphatic heterocycles. The molecule has 0 bridgehead atoms. The van der Waals surface area contributed by atoms with Crippen LogP contribution in [0.4, 0.5) is 10.5 Å². The number of carbonyl (C=O) groups is 3. The highest BCUT2D eigenvalue weighted by Crippen LogP contribution is 2.11. The van der Waals surface area contributed by atoms with E-state index in [1.807, 2.05) is 0 Å². The summed E-state index contributed by atoms with van der Waals surface area (Å²) in [5.41, 5.74) is 0.778. The van der Waals surface area contributed by atoms with Crippen LogP contribution >= 0.6 is 0 Å². The first kappa shape index (κ1) is 15.5. The summed E-state index contributed by atoms with van der Waals surface area (Å²) in [7, 11) is 1.28. The van der Waals surface area contributed by atoms with E-state index in [1.54, 1.807) is 18.2 Å². The average molecular weight is 280 g/mol. The number of esters is 1. The van der Waals surface area contributed by atoms with E-state index < -0.39 is 18.0 Å². The molecule has 0 unspecified atom stereocenters. The second-order valence-corrected chi connectivity index (χ2v) is 3.95. The molecule has 0 heterocycles. The summed E-state index contributed by atoms with van der Waals surface area (Å²) >= 11 is 0. The van der Waals surface area contributed by atoms with Crippen LogP contribution in [0.2, 0.25) is 0 Å². The number of carboxylic acids is 1. The van der Waals surface area contributed by atoms with Crippen molar-refractivity contribution < 1.29 is 24.2 Å². The first-order valence-corrected chi connectivity index (χ1v) is 5.98. The third-order valence-electron chi connectivity index (χ3n) is 2.39. The van der Waals surface area contributed by atoms with Crippen LogP contribution in [0.15, 0.2) is 24.3 Å². The van der Waals surface area contributed by atoms with Crippen molar-refractivity contribution in [3.8, 4) is 0 Å². The molecule has 1 aromatic carbocycles. The molecule has 20 heavy (non-hydrogen) atoms. The number of carboxylic acid groups (broad SMARTS) is 1. The van der Waals surface area contributed by atoms with Gasteiger partial charge in [0.05, 0.1) is 12.7 Å². The Morgan fingerprint density at radius 3 is 2.70 bits per heavy atom. The summed E-state index contributed by atoms with van der Waals surface area (Å²) < 4.78 is 4.58. The largest absolute Gasteiger partial charge is 0.481 e. The lowest BCUT2D eigenvalue weighted by molar-refractivity contribution is -0.137. The van der Waals surface area contributed by atoms with Crippen LogP contribution in [-0.2, 0) is 9.53 Å². The van der Waals surface area contributed by atoms with Crippen LogP contribution in [0.3, 0.4) is 0 Å². The fourth-order valence-corrected chi connectivity index (χ4v) is 1.46. The minimum absolute atomic E-state index is 0.00188. The standard InChI is InChI=1S/C13H16N2O5/c1-20-12(18)9-4-2-5-10(8-9)15-13(19)14-7-3-6-11(16)17/h2,4-5,8H,3,6-7H2,1H3,(H,16,17)(H2,14,15,19). The van der Waals surface area contributed by atoms with Crippen LogP contribution in [-0.4, -0.2) is 36.7 Å². The lowest BCUT2D eigenvalue weighted by Gasteiger charge is -2.08. The molecule has 0 fully saturated rings. The molecule has 7 heteroatoms. The highest BCUT2D eigenvalue weighted by molar-refractivity contribution is 5.93. The number of carbonyl (C=O) groups excluding carboxylic acids is 2. The molecule has 0 aliphatic carbocycles. The second-order valence-electron chi connectivity index (χ2n) is 3.95. The molecule has 0 saturated heterocycles. The van der Waals surface area contributed by atoms with Crippen molar-refractivity contribution in [2.75, 3.05) is 19.0 Å². The topological polar surface area (TPSA) is 105 Å². The molecule has 2 amide bonds. The van der Waals surface area contributed by atoms with Crippen LogP contribution in [0, 0.1) is 0 Å². The first-order chi connectivity index (χ1) is 9.52. The van der Waals surface area contributed by atoms with Gasteiger partial charge in [-0.25, -0.2) is 9.59 Å². The number of ether oxygens (including phenoxy) is 1. The van der Waals surface area contributed by atoms with Gasteiger partial charge in [-0.05, 0) is 24.6 Å². The number of rotatable bonds is 6. The maximum absolute atomic E-state index is 11.5. The van der Waals surface area contributed by atoms with E-state index in [1.165, 1.54) is 13.2 Å². The minimum atomic E-state index is -0.905. The van der Waals surface area contributed by atoms with Gasteiger partial charge in [-0.2, -0.15) is 0 Å². The third-order valence-corrected chi connectivity index (χ3v) is 2.39. The molecular weight excluding hydrogens is 264 g/mol. The van der Waals surface area contributed by atoms with Gasteiger partial charge in [-0.1, -0.05) is 6.07 Å². The Bertz CT molecular complexity index is 501. The molecule has 1 aromatic rings. The number of hydrogen-bond acceptors (Lipinski definition) is 4. The Balaban J connectivity index is 2.45. The van der Waals surface area contributed by atoms with Crippen LogP contribution in [0.5, 0.6) is 0 Å². The van der Waals surface area contributed by atoms with Gasteiger partial charge < -0.3 is 20.5 Å². The number of anilines is 1. The molecule has 0 aromatic heterocycles. The minimum Gasteiger partial charge on any atom is -0.481 e. The third kappa shape index (κ3) is 5.38. The lowest BCUT2D eigenvalue weighted by atomic mass is 10.2. The van der Waals surface area contributed by atoms with E-state index in [0.717, 1.165) is 0 Å². The van der Waals surface area contributed by atoms with Crippen LogP contribution in [0.1, 0.15) is 23.2 Å². The number of benzene rings is 1. The zero-order chi connectivity index (χ0) is 15.0. The fourth-order valence-electron chi connectivity index (χ4n) is 1.46. The fraction of sp³-hybridized carbons (Fsp3) is 0.308. The van der Waals surface area contributed by atoms with Gasteiger partial charge in [0.25, 0.3) is 0 Å². The number of nitrogens with one attached hydrogen (secondary N) is 2. The van der Waals surface area contributed by atoms with Gasteiger partial charge in [0.15, 0.2) is 0 Å². The monoisotopic (exact) mass is 280 g/mol. The molecule has 0 aliphatic rings. The summed E-state index contributed by atoms with van der Waals surface area (Å²) in [6.45, 7) is 0.259. The van der Waals surface area contributed by atoms with Crippen LogP contribution in [0.25, 0.3) is 0 Å². The van der Waals surface area contributed by atoms with Crippen molar-refractivity contribution in [3.63, 3.8) is 0 Å². The van der Waals surface area contributed by atoms with Gasteiger partial charge in [0.2, 0.25) is 0 Å². The van der Waals surface area contributed by atoms with E-state index in [2.05, 4.69) is 15.4 Å². The zero-order valence-corrected chi connectivity index (χ0v) is 11.0. The lowest BCUT2D eigenvalue weighted by Crippen LogP contribution is -2.29. The predicted molar refractivity (Wildman–Crippen MR) is 71.7 cm³/mol. The van der Waals surface area contributed by atoms with Gasteiger partial charge in [-0.3, -0.25) is 4.79 Å². The highest BCUT2D eigenvalue weighted by atomic mass is 16.5. The van der Waals surface area contributed by atoms with Gasteiger partial charge in [0, 0.05) is 18.7 Å². The Hall–Kier alpha value is -2.57. The number of aliphatic carboxylic acids is 1. The molecule has 1 rings (SSSR count). The Kier molecular flexibility index (Phi) is 6.02. The van der Waals surface area contributed by atoms with Crippen molar-refractivity contribution in [1.82, 2.24) is 5.32 Å². The summed E-state index contributed by atoms with van der Waals surface area (Å²) in [6, 6.07) is 5.84.